The molecule has 0 bridgehead atoms. The summed E-state index contributed by atoms with van der Waals surface area (Å²) in [5, 5.41) is 6.48. The molecular weight excluding hydrogens is 677 g/mol. The second kappa shape index (κ2) is 12.5. The molecule has 0 aliphatic carbocycles. The zero-order valence-corrected chi connectivity index (χ0v) is 29.4. The molecular formula is C49H30N4O2. The maximum atomic E-state index is 6.68. The van der Waals surface area contributed by atoms with Gasteiger partial charge in [-0.2, -0.15) is 0 Å². The molecule has 0 radical (unpaired) electrons. The minimum Gasteiger partial charge on any atom is -0.456 e. The zero-order chi connectivity index (χ0) is 36.3. The third kappa shape index (κ3) is 5.31. The van der Waals surface area contributed by atoms with Gasteiger partial charge in [-0.25, -0.2) is 15.0 Å². The summed E-state index contributed by atoms with van der Waals surface area (Å²) in [5.74, 6) is 1.81. The van der Waals surface area contributed by atoms with E-state index in [9.17, 15) is 0 Å². The molecule has 0 aliphatic rings. The van der Waals surface area contributed by atoms with Crippen molar-refractivity contribution in [3.05, 3.63) is 182 Å². The Morgan fingerprint density at radius 2 is 0.945 bits per heavy atom. The number of benzene rings is 8. The molecule has 258 valence electrons. The van der Waals surface area contributed by atoms with E-state index in [0.717, 1.165) is 83.0 Å². The Morgan fingerprint density at radius 3 is 1.76 bits per heavy atom. The largest absolute Gasteiger partial charge is 0.456 e. The molecule has 0 saturated carbocycles. The van der Waals surface area contributed by atoms with Crippen LogP contribution in [0.15, 0.2) is 191 Å². The third-order valence-electron chi connectivity index (χ3n) is 10.3. The van der Waals surface area contributed by atoms with Crippen molar-refractivity contribution in [3.8, 4) is 34.2 Å². The number of nitrogens with zero attached hydrogens (tertiary/aromatic N) is 4. The van der Waals surface area contributed by atoms with Crippen LogP contribution >= 0.6 is 0 Å². The molecule has 3 aromatic heterocycles. The topological polar surface area (TPSA) is 68.2 Å². The van der Waals surface area contributed by atoms with Crippen LogP contribution in [0, 0.1) is 0 Å². The first-order valence-corrected chi connectivity index (χ1v) is 18.3. The lowest BCUT2D eigenvalue weighted by molar-refractivity contribution is 0.669. The van der Waals surface area contributed by atoms with Crippen molar-refractivity contribution >= 4 is 71.7 Å². The van der Waals surface area contributed by atoms with E-state index in [1.54, 1.807) is 0 Å². The molecule has 8 aromatic carbocycles. The minimum absolute atomic E-state index is 0.579. The molecule has 11 aromatic rings. The van der Waals surface area contributed by atoms with Gasteiger partial charge in [0.25, 0.3) is 0 Å². The van der Waals surface area contributed by atoms with Crippen LogP contribution in [0.3, 0.4) is 0 Å². The van der Waals surface area contributed by atoms with E-state index in [-0.39, 0.29) is 0 Å². The predicted molar refractivity (Wildman–Crippen MR) is 223 cm³/mol. The second-order valence-corrected chi connectivity index (χ2v) is 13.6. The SMILES string of the molecule is c1ccc(-c2nc(-c3ccc4ccccc4c3)nc(-c3ccc4c(c3)oc3cc(N(c5ccccc5)c5cccc6oc7ccccc7c56)ccc34)n2)cc1. The van der Waals surface area contributed by atoms with Crippen molar-refractivity contribution in [2.75, 3.05) is 4.90 Å². The van der Waals surface area contributed by atoms with Gasteiger partial charge >= 0.3 is 0 Å². The normalized spacial score (nSPS) is 11.6. The van der Waals surface area contributed by atoms with Gasteiger partial charge in [-0.05, 0) is 71.4 Å². The monoisotopic (exact) mass is 706 g/mol. The average Bonchev–Trinajstić information content (AvgIpc) is 3.82. The molecule has 6 nitrogen and oxygen atoms in total. The van der Waals surface area contributed by atoms with Crippen LogP contribution in [0.5, 0.6) is 0 Å². The number of hydrogen-bond donors (Lipinski definition) is 0. The number of furan rings is 2. The van der Waals surface area contributed by atoms with Gasteiger partial charge < -0.3 is 13.7 Å². The molecule has 0 spiro atoms. The molecule has 0 amide bonds. The first-order valence-electron chi connectivity index (χ1n) is 18.3. The third-order valence-corrected chi connectivity index (χ3v) is 10.3. The summed E-state index contributed by atoms with van der Waals surface area (Å²) < 4.78 is 13.0. The maximum Gasteiger partial charge on any atom is 0.164 e. The van der Waals surface area contributed by atoms with Crippen LogP contribution in [-0.4, -0.2) is 15.0 Å². The molecule has 0 saturated heterocycles. The number of hydrogen-bond acceptors (Lipinski definition) is 6. The summed E-state index contributed by atoms with van der Waals surface area (Å²) >= 11 is 0. The standard InChI is InChI=1S/C49H30N4O2/c1-3-13-32(14-4-1)47-50-48(34-23-22-31-12-7-8-15-33(31)28-34)52-49(51-47)35-24-26-38-39-27-25-37(30-45(39)55-44(38)29-35)53(36-16-5-2-6-17-36)41-19-11-21-43-46(41)40-18-9-10-20-42(40)54-43/h1-30H. The fraction of sp³-hybridized carbons (Fsp3) is 0. The highest BCUT2D eigenvalue weighted by Gasteiger charge is 2.21. The highest BCUT2D eigenvalue weighted by Crippen LogP contribution is 2.44. The van der Waals surface area contributed by atoms with Gasteiger partial charge in [0.05, 0.1) is 11.1 Å². The van der Waals surface area contributed by atoms with Crippen LogP contribution in [0.25, 0.3) is 88.8 Å². The fourth-order valence-corrected chi connectivity index (χ4v) is 7.67. The van der Waals surface area contributed by atoms with Crippen molar-refractivity contribution in [3.63, 3.8) is 0 Å². The Balaban J connectivity index is 1.05. The first kappa shape index (κ1) is 31.0. The van der Waals surface area contributed by atoms with Crippen LogP contribution in [-0.2, 0) is 0 Å². The van der Waals surface area contributed by atoms with Crippen molar-refractivity contribution in [2.45, 2.75) is 0 Å². The van der Waals surface area contributed by atoms with Crippen LogP contribution < -0.4 is 4.90 Å². The van der Waals surface area contributed by atoms with E-state index >= 15 is 0 Å². The first-order chi connectivity index (χ1) is 27.2. The summed E-state index contributed by atoms with van der Waals surface area (Å²) in [6.07, 6.45) is 0. The number of anilines is 3. The molecule has 3 heterocycles. The van der Waals surface area contributed by atoms with E-state index in [1.165, 1.54) is 5.39 Å². The highest BCUT2D eigenvalue weighted by atomic mass is 16.3. The number of rotatable bonds is 6. The second-order valence-electron chi connectivity index (χ2n) is 13.6. The van der Waals surface area contributed by atoms with Crippen molar-refractivity contribution < 1.29 is 8.83 Å². The van der Waals surface area contributed by atoms with Gasteiger partial charge in [0.2, 0.25) is 0 Å². The van der Waals surface area contributed by atoms with Gasteiger partial charge in [-0.3, -0.25) is 0 Å². The van der Waals surface area contributed by atoms with Gasteiger partial charge in [0, 0.05) is 50.3 Å². The molecule has 0 atom stereocenters. The molecule has 55 heavy (non-hydrogen) atoms. The van der Waals surface area contributed by atoms with E-state index < -0.39 is 0 Å². The summed E-state index contributed by atoms with van der Waals surface area (Å²) in [7, 11) is 0. The van der Waals surface area contributed by atoms with Crippen LogP contribution in [0.2, 0.25) is 0 Å². The minimum atomic E-state index is 0.579. The molecule has 0 unspecified atom stereocenters. The zero-order valence-electron chi connectivity index (χ0n) is 29.4. The van der Waals surface area contributed by atoms with E-state index in [0.29, 0.717) is 17.5 Å². The Kier molecular flexibility index (Phi) is 7.07. The number of aromatic nitrogens is 3. The number of para-hydroxylation sites is 2. The Morgan fingerprint density at radius 1 is 0.345 bits per heavy atom. The van der Waals surface area contributed by atoms with E-state index in [1.807, 2.05) is 78.9 Å². The molecule has 0 fully saturated rings. The Labute approximate surface area is 315 Å². The van der Waals surface area contributed by atoms with Crippen molar-refractivity contribution in [1.29, 1.82) is 0 Å². The Hall–Kier alpha value is -7.57. The van der Waals surface area contributed by atoms with E-state index in [4.69, 9.17) is 23.8 Å². The van der Waals surface area contributed by atoms with Crippen LogP contribution in [0.4, 0.5) is 17.1 Å². The number of fused-ring (bicyclic) bond motifs is 7. The van der Waals surface area contributed by atoms with E-state index in [2.05, 4.69) is 108 Å². The molecule has 0 N–H and O–H groups in total. The Bertz CT molecular complexity index is 3220. The summed E-state index contributed by atoms with van der Waals surface area (Å²) in [6.45, 7) is 0. The smallest absolute Gasteiger partial charge is 0.164 e. The van der Waals surface area contributed by atoms with Gasteiger partial charge in [0.15, 0.2) is 17.5 Å². The van der Waals surface area contributed by atoms with Gasteiger partial charge in [-0.15, -0.1) is 0 Å². The lowest BCUT2D eigenvalue weighted by atomic mass is 10.1. The lowest BCUT2D eigenvalue weighted by Gasteiger charge is -2.26. The molecule has 11 rings (SSSR count). The van der Waals surface area contributed by atoms with Crippen molar-refractivity contribution in [1.82, 2.24) is 15.0 Å². The fourth-order valence-electron chi connectivity index (χ4n) is 7.67. The summed E-state index contributed by atoms with van der Waals surface area (Å²) in [6, 6.07) is 62.2. The molecule has 0 aliphatic heterocycles. The van der Waals surface area contributed by atoms with Gasteiger partial charge in [0.1, 0.15) is 22.3 Å². The summed E-state index contributed by atoms with van der Waals surface area (Å²) in [4.78, 5) is 17.3. The quantitative estimate of drug-likeness (QED) is 0.171. The predicted octanol–water partition coefficient (Wildman–Crippen LogP) is 13.3. The average molecular weight is 707 g/mol. The molecule has 6 heteroatoms. The lowest BCUT2D eigenvalue weighted by Crippen LogP contribution is -2.10. The maximum absolute atomic E-state index is 6.68. The highest BCUT2D eigenvalue weighted by molar-refractivity contribution is 6.14. The van der Waals surface area contributed by atoms with Crippen molar-refractivity contribution in [2.24, 2.45) is 0 Å². The van der Waals surface area contributed by atoms with Crippen LogP contribution in [0.1, 0.15) is 0 Å². The summed E-state index contributed by atoms with van der Waals surface area (Å²) in [5.41, 5.74) is 8.97. The van der Waals surface area contributed by atoms with Gasteiger partial charge in [-0.1, -0.05) is 115 Å².